The summed E-state index contributed by atoms with van der Waals surface area (Å²) in [4.78, 5) is 0. The maximum atomic E-state index is 5.54. The zero-order chi connectivity index (χ0) is 10.3. The van der Waals surface area contributed by atoms with E-state index in [-0.39, 0.29) is 0 Å². The van der Waals surface area contributed by atoms with Crippen LogP contribution in [0, 0.1) is 0 Å². The van der Waals surface area contributed by atoms with Crippen LogP contribution >= 0.6 is 0 Å². The second-order valence-electron chi connectivity index (χ2n) is 3.94. The fourth-order valence-electron chi connectivity index (χ4n) is 2.33. The highest BCUT2D eigenvalue weighted by Gasteiger charge is 2.25. The molecule has 0 bridgehead atoms. The number of fused-ring (bicyclic) bond motifs is 1. The van der Waals surface area contributed by atoms with Crippen molar-refractivity contribution in [2.24, 2.45) is 0 Å². The minimum atomic E-state index is 0.363. The van der Waals surface area contributed by atoms with Crippen LogP contribution in [0.3, 0.4) is 0 Å². The Morgan fingerprint density at radius 3 is 3.00 bits per heavy atom. The lowest BCUT2D eigenvalue weighted by atomic mass is 9.98. The highest BCUT2D eigenvalue weighted by atomic mass is 16.5. The number of hydrogen-bond acceptors (Lipinski definition) is 3. The van der Waals surface area contributed by atoms with Gasteiger partial charge < -0.3 is 10.3 Å². The lowest BCUT2D eigenvalue weighted by molar-refractivity contribution is 0.423. The minimum absolute atomic E-state index is 0.363. The second-order valence-corrected chi connectivity index (χ2v) is 3.94. The van der Waals surface area contributed by atoms with Gasteiger partial charge in [0.15, 0.2) is 0 Å². The van der Waals surface area contributed by atoms with Gasteiger partial charge in [0.05, 0.1) is 5.69 Å². The summed E-state index contributed by atoms with van der Waals surface area (Å²) in [5.41, 5.74) is 9.28. The van der Waals surface area contributed by atoms with E-state index in [2.05, 4.69) is 29.4 Å². The number of aromatic nitrogens is 1. The van der Waals surface area contributed by atoms with Crippen LogP contribution in [-0.2, 0) is 6.42 Å². The predicted molar refractivity (Wildman–Crippen MR) is 57.5 cm³/mol. The number of benzene rings is 1. The third-order valence-corrected chi connectivity index (χ3v) is 3.04. The van der Waals surface area contributed by atoms with Gasteiger partial charge in [-0.3, -0.25) is 0 Å². The van der Waals surface area contributed by atoms with Crippen LogP contribution in [0.2, 0.25) is 0 Å². The lowest BCUT2D eigenvalue weighted by Crippen LogP contribution is -1.95. The topological polar surface area (TPSA) is 52.0 Å². The van der Waals surface area contributed by atoms with Gasteiger partial charge in [-0.25, -0.2) is 0 Å². The number of nitrogens with two attached hydrogens (primary N) is 1. The molecule has 1 aliphatic rings. The molecule has 0 saturated heterocycles. The van der Waals surface area contributed by atoms with E-state index in [9.17, 15) is 0 Å². The molecule has 1 unspecified atom stereocenters. The van der Waals surface area contributed by atoms with E-state index in [4.69, 9.17) is 10.3 Å². The molecule has 2 aromatic rings. The molecule has 3 heteroatoms. The molecule has 2 N–H and O–H groups in total. The normalized spacial score (nSPS) is 19.1. The van der Waals surface area contributed by atoms with Crippen molar-refractivity contribution >= 4 is 5.88 Å². The molecule has 1 aromatic carbocycles. The van der Waals surface area contributed by atoms with Crippen molar-refractivity contribution in [3.8, 4) is 0 Å². The first-order valence-electron chi connectivity index (χ1n) is 5.14. The highest BCUT2D eigenvalue weighted by molar-refractivity contribution is 5.41. The number of hydrogen-bond donors (Lipinski definition) is 1. The molecule has 1 aliphatic carbocycles. The maximum Gasteiger partial charge on any atom is 0.222 e. The molecule has 76 valence electrons. The van der Waals surface area contributed by atoms with E-state index in [1.165, 1.54) is 11.1 Å². The van der Waals surface area contributed by atoms with Crippen LogP contribution in [0.5, 0.6) is 0 Å². The van der Waals surface area contributed by atoms with Gasteiger partial charge in [0.25, 0.3) is 0 Å². The summed E-state index contributed by atoms with van der Waals surface area (Å²) in [5.74, 6) is 0.761. The Bertz CT molecular complexity index is 490. The maximum absolute atomic E-state index is 5.54. The molecule has 0 fully saturated rings. The van der Waals surface area contributed by atoms with Crippen molar-refractivity contribution in [2.45, 2.75) is 18.8 Å². The summed E-state index contributed by atoms with van der Waals surface area (Å²) in [7, 11) is 0. The molecule has 0 amide bonds. The van der Waals surface area contributed by atoms with Crippen molar-refractivity contribution in [2.75, 3.05) is 5.73 Å². The van der Waals surface area contributed by atoms with Gasteiger partial charge in [0.1, 0.15) is 0 Å². The lowest BCUT2D eigenvalue weighted by Gasteiger charge is -2.06. The third-order valence-electron chi connectivity index (χ3n) is 3.04. The van der Waals surface area contributed by atoms with Gasteiger partial charge >= 0.3 is 0 Å². The molecule has 1 heterocycles. The minimum Gasteiger partial charge on any atom is -0.368 e. The Kier molecular flexibility index (Phi) is 1.78. The Balaban J connectivity index is 2.04. The smallest absolute Gasteiger partial charge is 0.222 e. The average Bonchev–Trinajstić information content (AvgIpc) is 2.83. The fraction of sp³-hybridized carbons (Fsp3) is 0.250. The van der Waals surface area contributed by atoms with E-state index in [0.29, 0.717) is 11.8 Å². The van der Waals surface area contributed by atoms with Crippen molar-refractivity contribution in [1.82, 2.24) is 5.16 Å². The van der Waals surface area contributed by atoms with Gasteiger partial charge in [-0.05, 0) is 24.0 Å². The van der Waals surface area contributed by atoms with E-state index < -0.39 is 0 Å². The predicted octanol–water partition coefficient (Wildman–Crippen LogP) is 2.33. The summed E-state index contributed by atoms with van der Waals surface area (Å²) >= 11 is 0. The van der Waals surface area contributed by atoms with Crippen molar-refractivity contribution in [3.63, 3.8) is 0 Å². The van der Waals surface area contributed by atoms with Crippen LogP contribution in [-0.4, -0.2) is 5.16 Å². The first-order valence-corrected chi connectivity index (χ1v) is 5.14. The number of nitrogens with zero attached hydrogens (tertiary/aromatic N) is 1. The molecule has 0 spiro atoms. The summed E-state index contributed by atoms with van der Waals surface area (Å²) in [6.45, 7) is 0. The van der Waals surface area contributed by atoms with Crippen LogP contribution in [0.1, 0.15) is 29.2 Å². The summed E-state index contributed by atoms with van der Waals surface area (Å²) in [6.07, 6.45) is 2.22. The van der Waals surface area contributed by atoms with E-state index >= 15 is 0 Å². The quantitative estimate of drug-likeness (QED) is 0.768. The molecule has 1 atom stereocenters. The van der Waals surface area contributed by atoms with Crippen LogP contribution < -0.4 is 5.73 Å². The standard InChI is InChI=1S/C12H12N2O/c13-12-7-11(14-15-12)10-6-5-8-3-1-2-4-9(8)10/h1-4,7,10H,5-6,13H2. The van der Waals surface area contributed by atoms with Crippen molar-refractivity contribution in [3.05, 3.63) is 47.2 Å². The van der Waals surface area contributed by atoms with Gasteiger partial charge in [-0.15, -0.1) is 0 Å². The molecule has 3 rings (SSSR count). The summed E-state index contributed by atoms with van der Waals surface area (Å²) < 4.78 is 4.92. The second kappa shape index (κ2) is 3.12. The van der Waals surface area contributed by atoms with Crippen LogP contribution in [0.15, 0.2) is 34.9 Å². The molecular weight excluding hydrogens is 188 g/mol. The first-order chi connectivity index (χ1) is 7.34. The van der Waals surface area contributed by atoms with E-state index in [1.807, 2.05) is 6.07 Å². The monoisotopic (exact) mass is 200 g/mol. The molecule has 0 radical (unpaired) electrons. The van der Waals surface area contributed by atoms with Crippen molar-refractivity contribution in [1.29, 1.82) is 0 Å². The van der Waals surface area contributed by atoms with Gasteiger partial charge in [-0.1, -0.05) is 29.4 Å². The summed E-state index contributed by atoms with van der Waals surface area (Å²) in [5, 5.41) is 4.00. The number of aryl methyl sites for hydroxylation is 1. The molecule has 0 aliphatic heterocycles. The van der Waals surface area contributed by atoms with Gasteiger partial charge in [-0.2, -0.15) is 0 Å². The van der Waals surface area contributed by atoms with E-state index in [1.54, 1.807) is 0 Å². The number of anilines is 1. The Labute approximate surface area is 87.9 Å². The zero-order valence-electron chi connectivity index (χ0n) is 8.31. The Morgan fingerprint density at radius 1 is 1.33 bits per heavy atom. The third kappa shape index (κ3) is 1.31. The van der Waals surface area contributed by atoms with E-state index in [0.717, 1.165) is 18.5 Å². The Morgan fingerprint density at radius 2 is 2.20 bits per heavy atom. The number of rotatable bonds is 1. The fourth-order valence-corrected chi connectivity index (χ4v) is 2.33. The largest absolute Gasteiger partial charge is 0.368 e. The molecule has 3 nitrogen and oxygen atoms in total. The van der Waals surface area contributed by atoms with Crippen molar-refractivity contribution < 1.29 is 4.52 Å². The van der Waals surface area contributed by atoms with Gasteiger partial charge in [0.2, 0.25) is 5.88 Å². The first kappa shape index (κ1) is 8.53. The highest BCUT2D eigenvalue weighted by Crippen LogP contribution is 2.37. The average molecular weight is 200 g/mol. The molecule has 1 aromatic heterocycles. The zero-order valence-corrected chi connectivity index (χ0v) is 8.31. The Hall–Kier alpha value is -1.77. The molecule has 0 saturated carbocycles. The van der Waals surface area contributed by atoms with Crippen LogP contribution in [0.25, 0.3) is 0 Å². The van der Waals surface area contributed by atoms with Gasteiger partial charge in [0, 0.05) is 12.0 Å². The number of nitrogen functional groups attached to an aromatic ring is 1. The van der Waals surface area contributed by atoms with Crippen LogP contribution in [0.4, 0.5) is 5.88 Å². The molecule has 15 heavy (non-hydrogen) atoms. The molecular formula is C12H12N2O. The SMILES string of the molecule is Nc1cc(C2CCc3ccccc32)no1. The summed E-state index contributed by atoms with van der Waals surface area (Å²) in [6, 6.07) is 10.3.